The highest BCUT2D eigenvalue weighted by atomic mass is 35.5. The molecule has 1 heterocycles. The van der Waals surface area contributed by atoms with E-state index in [0.29, 0.717) is 25.4 Å². The summed E-state index contributed by atoms with van der Waals surface area (Å²) < 4.78 is 0. The molecule has 0 spiro atoms. The second-order valence-electron chi connectivity index (χ2n) is 8.28. The van der Waals surface area contributed by atoms with Crippen LogP contribution in [-0.4, -0.2) is 41.3 Å². The summed E-state index contributed by atoms with van der Waals surface area (Å²) in [6.07, 6.45) is 1.30. The molecule has 1 aromatic carbocycles. The molecule has 1 fully saturated rings. The van der Waals surface area contributed by atoms with Crippen LogP contribution >= 0.6 is 11.6 Å². The van der Waals surface area contributed by atoms with Crippen molar-refractivity contribution in [3.05, 3.63) is 34.9 Å². The summed E-state index contributed by atoms with van der Waals surface area (Å²) >= 11 is 6.02. The summed E-state index contributed by atoms with van der Waals surface area (Å²) in [4.78, 5) is 26.8. The first-order valence-electron chi connectivity index (χ1n) is 9.49. The maximum absolute atomic E-state index is 13.1. The van der Waals surface area contributed by atoms with Gasteiger partial charge in [-0.1, -0.05) is 65.8 Å². The molecule has 0 bridgehead atoms. The van der Waals surface area contributed by atoms with E-state index in [4.69, 9.17) is 11.6 Å². The molecule has 160 valence electrons. The standard InChI is InChI=1S/C21H31ClN2O2.CH4.H2O/c1-6-18(25)23-19(14(2)3)20(26)24-12-11-17(21(4,5)13-24)15-7-9-16(22)10-8-15;;/h7-10,14,17,19H,6,11-13H2,1-5H3,(H,23,25);1H4;1H2/t17-,19-;;/m1../s1. The topological polar surface area (TPSA) is 80.9 Å². The summed E-state index contributed by atoms with van der Waals surface area (Å²) in [5.41, 5.74) is 1.23. The van der Waals surface area contributed by atoms with Crippen LogP contribution in [-0.2, 0) is 9.59 Å². The molecule has 3 N–H and O–H groups in total. The van der Waals surface area contributed by atoms with Gasteiger partial charge in [-0.05, 0) is 41.4 Å². The molecular formula is C22H37ClN2O3. The number of nitrogens with one attached hydrogen (secondary N) is 1. The Morgan fingerprint density at radius 2 is 1.82 bits per heavy atom. The number of hydrogen-bond acceptors (Lipinski definition) is 2. The van der Waals surface area contributed by atoms with Crippen molar-refractivity contribution < 1.29 is 15.1 Å². The van der Waals surface area contributed by atoms with Gasteiger partial charge in [-0.15, -0.1) is 0 Å². The highest BCUT2D eigenvalue weighted by Gasteiger charge is 2.40. The predicted octanol–water partition coefficient (Wildman–Crippen LogP) is 4.04. The van der Waals surface area contributed by atoms with E-state index in [9.17, 15) is 9.59 Å². The van der Waals surface area contributed by atoms with Gasteiger partial charge < -0.3 is 15.7 Å². The molecule has 0 unspecified atom stereocenters. The molecule has 5 nitrogen and oxygen atoms in total. The van der Waals surface area contributed by atoms with Crippen molar-refractivity contribution in [1.29, 1.82) is 0 Å². The van der Waals surface area contributed by atoms with Gasteiger partial charge in [-0.3, -0.25) is 9.59 Å². The lowest BCUT2D eigenvalue weighted by Gasteiger charge is -2.45. The monoisotopic (exact) mass is 412 g/mol. The number of carbonyl (C=O) groups is 2. The van der Waals surface area contributed by atoms with Crippen LogP contribution in [0.4, 0.5) is 0 Å². The number of piperidine rings is 1. The molecule has 1 saturated heterocycles. The van der Waals surface area contributed by atoms with Gasteiger partial charge in [-0.25, -0.2) is 0 Å². The lowest BCUT2D eigenvalue weighted by Crippen LogP contribution is -2.55. The van der Waals surface area contributed by atoms with Crippen molar-refractivity contribution in [3.8, 4) is 0 Å². The van der Waals surface area contributed by atoms with Gasteiger partial charge >= 0.3 is 0 Å². The second-order valence-corrected chi connectivity index (χ2v) is 8.72. The summed E-state index contributed by atoms with van der Waals surface area (Å²) in [6, 6.07) is 7.58. The Kier molecular flexibility index (Phi) is 10.2. The third-order valence-electron chi connectivity index (χ3n) is 5.38. The highest BCUT2D eigenvalue weighted by molar-refractivity contribution is 6.30. The number of amides is 2. The fraction of sp³-hybridized carbons (Fsp3) is 0.636. The van der Waals surface area contributed by atoms with Crippen molar-refractivity contribution in [1.82, 2.24) is 10.2 Å². The minimum atomic E-state index is -0.453. The van der Waals surface area contributed by atoms with Crippen molar-refractivity contribution in [3.63, 3.8) is 0 Å². The van der Waals surface area contributed by atoms with E-state index < -0.39 is 6.04 Å². The van der Waals surface area contributed by atoms with Crippen LogP contribution in [0.15, 0.2) is 24.3 Å². The van der Waals surface area contributed by atoms with Crippen molar-refractivity contribution in [2.24, 2.45) is 11.3 Å². The van der Waals surface area contributed by atoms with Crippen LogP contribution in [0, 0.1) is 11.3 Å². The van der Waals surface area contributed by atoms with Crippen molar-refractivity contribution >= 4 is 23.4 Å². The van der Waals surface area contributed by atoms with Crippen LogP contribution in [0.5, 0.6) is 0 Å². The number of halogens is 1. The lowest BCUT2D eigenvalue weighted by atomic mass is 9.70. The zero-order valence-electron chi connectivity index (χ0n) is 17.0. The molecule has 0 aromatic heterocycles. The molecular weight excluding hydrogens is 376 g/mol. The van der Waals surface area contributed by atoms with E-state index in [1.807, 2.05) is 30.9 Å². The molecule has 6 heteroatoms. The Morgan fingerprint density at radius 3 is 2.29 bits per heavy atom. The quantitative estimate of drug-likeness (QED) is 0.791. The van der Waals surface area contributed by atoms with E-state index in [2.05, 4.69) is 31.3 Å². The summed E-state index contributed by atoms with van der Waals surface area (Å²) in [7, 11) is 0. The molecule has 1 aliphatic heterocycles. The molecule has 2 amide bonds. The van der Waals surface area contributed by atoms with Gasteiger partial charge in [0.05, 0.1) is 0 Å². The largest absolute Gasteiger partial charge is 0.412 e. The molecule has 2 rings (SSSR count). The third kappa shape index (κ3) is 6.21. The highest BCUT2D eigenvalue weighted by Crippen LogP contribution is 2.42. The van der Waals surface area contributed by atoms with Crippen LogP contribution < -0.4 is 5.32 Å². The van der Waals surface area contributed by atoms with Gasteiger partial charge in [-0.2, -0.15) is 0 Å². The maximum Gasteiger partial charge on any atom is 0.245 e. The van der Waals surface area contributed by atoms with Gasteiger partial charge in [0, 0.05) is 24.5 Å². The van der Waals surface area contributed by atoms with E-state index in [1.54, 1.807) is 6.92 Å². The maximum atomic E-state index is 13.1. The smallest absolute Gasteiger partial charge is 0.245 e. The first-order valence-corrected chi connectivity index (χ1v) is 9.87. The number of benzene rings is 1. The van der Waals surface area contributed by atoms with E-state index in [0.717, 1.165) is 11.4 Å². The van der Waals surface area contributed by atoms with Crippen LogP contribution in [0.2, 0.25) is 5.02 Å². The van der Waals surface area contributed by atoms with E-state index in [-0.39, 0.29) is 36.1 Å². The SMILES string of the molecule is C.CCC(=O)N[C@@H](C(=O)N1CC[C@H](c2ccc(Cl)cc2)C(C)(C)C1)C(C)C.O. The van der Waals surface area contributed by atoms with Gasteiger partial charge in [0.25, 0.3) is 0 Å². The molecule has 1 aromatic rings. The number of likely N-dealkylation sites (tertiary alicyclic amines) is 1. The summed E-state index contributed by atoms with van der Waals surface area (Å²) in [5, 5.41) is 3.64. The predicted molar refractivity (Wildman–Crippen MR) is 117 cm³/mol. The van der Waals surface area contributed by atoms with E-state index in [1.165, 1.54) is 5.56 Å². The van der Waals surface area contributed by atoms with Gasteiger partial charge in [0.2, 0.25) is 11.8 Å². The Morgan fingerprint density at radius 1 is 1.25 bits per heavy atom. The zero-order chi connectivity index (χ0) is 19.5. The molecule has 0 radical (unpaired) electrons. The van der Waals surface area contributed by atoms with Gasteiger partial charge in [0.1, 0.15) is 6.04 Å². The van der Waals surface area contributed by atoms with Crippen molar-refractivity contribution in [2.75, 3.05) is 13.1 Å². The minimum Gasteiger partial charge on any atom is -0.412 e. The molecule has 2 atom stereocenters. The Bertz CT molecular complexity index is 644. The molecule has 0 aliphatic carbocycles. The van der Waals surface area contributed by atoms with Crippen LogP contribution in [0.1, 0.15) is 66.4 Å². The number of nitrogens with zero attached hydrogens (tertiary/aromatic N) is 1. The average Bonchev–Trinajstić information content (AvgIpc) is 2.58. The average molecular weight is 413 g/mol. The Hall–Kier alpha value is -1.59. The van der Waals surface area contributed by atoms with E-state index >= 15 is 0 Å². The Balaban J connectivity index is 0.00000364. The fourth-order valence-electron chi connectivity index (χ4n) is 3.84. The minimum absolute atomic E-state index is 0. The fourth-order valence-corrected chi connectivity index (χ4v) is 3.97. The number of carbonyl (C=O) groups excluding carboxylic acids is 2. The van der Waals surface area contributed by atoms with Gasteiger partial charge in [0.15, 0.2) is 0 Å². The zero-order valence-corrected chi connectivity index (χ0v) is 17.8. The van der Waals surface area contributed by atoms with Crippen molar-refractivity contribution in [2.45, 2.75) is 66.8 Å². The second kappa shape index (κ2) is 10.8. The molecule has 28 heavy (non-hydrogen) atoms. The Labute approximate surface area is 175 Å². The summed E-state index contributed by atoms with van der Waals surface area (Å²) in [6.45, 7) is 11.6. The number of hydrogen-bond donors (Lipinski definition) is 1. The van der Waals surface area contributed by atoms with Crippen LogP contribution in [0.3, 0.4) is 0 Å². The first-order chi connectivity index (χ1) is 12.2. The summed E-state index contributed by atoms with van der Waals surface area (Å²) in [5.74, 6) is 0.401. The molecule has 0 saturated carbocycles. The lowest BCUT2D eigenvalue weighted by molar-refractivity contribution is -0.140. The first kappa shape index (κ1) is 26.4. The molecule has 1 aliphatic rings. The number of rotatable bonds is 5. The normalized spacial score (nSPS) is 19.2. The van der Waals surface area contributed by atoms with Crippen LogP contribution in [0.25, 0.3) is 0 Å². The third-order valence-corrected chi connectivity index (χ3v) is 5.64.